The van der Waals surface area contributed by atoms with Crippen LogP contribution in [0.3, 0.4) is 0 Å². The number of carboxylic acid groups (broad SMARTS) is 1. The molecule has 0 aliphatic heterocycles. The Morgan fingerprint density at radius 1 is 1.19 bits per heavy atom. The van der Waals surface area contributed by atoms with Crippen LogP contribution >= 0.6 is 11.3 Å². The average molecular weight is 401 g/mol. The molecule has 0 spiro atoms. The summed E-state index contributed by atoms with van der Waals surface area (Å²) in [7, 11) is -1.05. The Bertz CT molecular complexity index is 890. The molecule has 0 saturated carbocycles. The van der Waals surface area contributed by atoms with Gasteiger partial charge in [-0.25, -0.2) is 13.2 Å². The van der Waals surface area contributed by atoms with Gasteiger partial charge < -0.3 is 19.3 Å². The Morgan fingerprint density at radius 2 is 1.92 bits per heavy atom. The van der Waals surface area contributed by atoms with Gasteiger partial charge in [-0.1, -0.05) is 0 Å². The number of benzene rings is 1. The second-order valence-electron chi connectivity index (χ2n) is 5.17. The molecular weight excluding hydrogens is 382 g/mol. The number of methoxy groups -OCH3 is 2. The molecule has 8 nitrogen and oxygen atoms in total. The number of ether oxygens (including phenoxy) is 3. The fourth-order valence-electron chi connectivity index (χ4n) is 2.08. The van der Waals surface area contributed by atoms with E-state index in [1.165, 1.54) is 32.4 Å². The van der Waals surface area contributed by atoms with Gasteiger partial charge in [0.1, 0.15) is 10.8 Å². The van der Waals surface area contributed by atoms with Gasteiger partial charge in [-0.05, 0) is 19.1 Å². The number of thiophene rings is 1. The minimum Gasteiger partial charge on any atom is -0.493 e. The van der Waals surface area contributed by atoms with Gasteiger partial charge >= 0.3 is 5.97 Å². The van der Waals surface area contributed by atoms with Gasteiger partial charge in [-0.3, -0.25) is 4.72 Å². The molecular formula is C16H19NO7S2. The average Bonchev–Trinajstić information content (AvgIpc) is 3.02. The molecule has 2 rings (SSSR count). The molecule has 10 heteroatoms. The Balaban J connectivity index is 2.44. The molecule has 0 atom stereocenters. The van der Waals surface area contributed by atoms with E-state index in [9.17, 15) is 18.3 Å². The van der Waals surface area contributed by atoms with E-state index in [2.05, 4.69) is 4.72 Å². The normalized spacial score (nSPS) is 11.2. The highest BCUT2D eigenvalue weighted by molar-refractivity contribution is 7.94. The van der Waals surface area contributed by atoms with Gasteiger partial charge in [0.2, 0.25) is 0 Å². The molecule has 2 N–H and O–H groups in total. The van der Waals surface area contributed by atoms with Crippen LogP contribution in [0.4, 0.5) is 5.69 Å². The summed E-state index contributed by atoms with van der Waals surface area (Å²) in [5, 5.41) is 9.41. The third-order valence-electron chi connectivity index (χ3n) is 3.30. The minimum atomic E-state index is -3.93. The second kappa shape index (κ2) is 8.39. The third-order valence-corrected chi connectivity index (χ3v) is 6.16. The van der Waals surface area contributed by atoms with Gasteiger partial charge in [0.25, 0.3) is 10.0 Å². The largest absolute Gasteiger partial charge is 0.493 e. The van der Waals surface area contributed by atoms with Crippen molar-refractivity contribution in [1.82, 2.24) is 0 Å². The molecule has 0 aliphatic carbocycles. The first-order valence-electron chi connectivity index (χ1n) is 7.45. The lowest BCUT2D eigenvalue weighted by Crippen LogP contribution is -2.15. The fourth-order valence-corrected chi connectivity index (χ4v) is 4.43. The monoisotopic (exact) mass is 401 g/mol. The van der Waals surface area contributed by atoms with E-state index in [0.29, 0.717) is 6.61 Å². The number of hydrogen-bond donors (Lipinski definition) is 2. The maximum atomic E-state index is 12.5. The molecule has 1 aromatic heterocycles. The lowest BCUT2D eigenvalue weighted by Gasteiger charge is -2.15. The molecule has 26 heavy (non-hydrogen) atoms. The molecule has 0 bridgehead atoms. The van der Waals surface area contributed by atoms with Crippen molar-refractivity contribution in [2.45, 2.75) is 11.1 Å². The lowest BCUT2D eigenvalue weighted by atomic mass is 10.1. The number of sulfonamides is 1. The summed E-state index contributed by atoms with van der Waals surface area (Å²) in [4.78, 5) is 12.4. The van der Waals surface area contributed by atoms with Crippen molar-refractivity contribution in [2.24, 2.45) is 0 Å². The van der Waals surface area contributed by atoms with Crippen LogP contribution in [-0.4, -0.2) is 46.9 Å². The van der Waals surface area contributed by atoms with Crippen molar-refractivity contribution < 1.29 is 32.5 Å². The van der Waals surface area contributed by atoms with Crippen LogP contribution in [0.25, 0.3) is 0 Å². The predicted octanol–water partition coefficient (Wildman–Crippen LogP) is 2.59. The van der Waals surface area contributed by atoms with E-state index < -0.39 is 16.0 Å². The second-order valence-corrected chi connectivity index (χ2v) is 8.36. The lowest BCUT2D eigenvalue weighted by molar-refractivity contribution is 0.0697. The number of carbonyl (C=O) groups is 1. The summed E-state index contributed by atoms with van der Waals surface area (Å²) in [6, 6.07) is 5.63. The van der Waals surface area contributed by atoms with Crippen LogP contribution in [-0.2, 0) is 14.8 Å². The van der Waals surface area contributed by atoms with Crippen LogP contribution in [0.5, 0.6) is 11.5 Å². The number of hydrogen-bond acceptors (Lipinski definition) is 7. The van der Waals surface area contributed by atoms with Crippen LogP contribution in [0.15, 0.2) is 28.5 Å². The van der Waals surface area contributed by atoms with Crippen LogP contribution in [0.1, 0.15) is 15.2 Å². The van der Waals surface area contributed by atoms with Crippen molar-refractivity contribution in [3.63, 3.8) is 0 Å². The molecule has 0 aliphatic rings. The van der Waals surface area contributed by atoms with Gasteiger partial charge in [-0.15, -0.1) is 11.3 Å². The highest BCUT2D eigenvalue weighted by atomic mass is 32.2. The number of nitrogens with one attached hydrogen (secondary N) is 1. The first kappa shape index (κ1) is 20.0. The van der Waals surface area contributed by atoms with E-state index >= 15 is 0 Å². The molecule has 1 heterocycles. The number of aromatic carboxylic acids is 1. The summed E-state index contributed by atoms with van der Waals surface area (Å²) in [5.41, 5.74) is -0.366. The van der Waals surface area contributed by atoms with Crippen molar-refractivity contribution in [1.29, 1.82) is 0 Å². The number of anilines is 1. The SMILES string of the molecule is COCCOc1cc(NS(=O)(=O)c2ccc(C)s2)c(C(=O)O)cc1OC. The van der Waals surface area contributed by atoms with E-state index in [4.69, 9.17) is 14.2 Å². The van der Waals surface area contributed by atoms with Crippen LogP contribution < -0.4 is 14.2 Å². The molecule has 0 radical (unpaired) electrons. The van der Waals surface area contributed by atoms with Gasteiger partial charge in [-0.2, -0.15) is 0 Å². The fraction of sp³-hybridized carbons (Fsp3) is 0.312. The Hall–Kier alpha value is -2.30. The minimum absolute atomic E-state index is 0.0870. The van der Waals surface area contributed by atoms with E-state index in [-0.39, 0.29) is 33.6 Å². The van der Waals surface area contributed by atoms with Crippen molar-refractivity contribution in [3.8, 4) is 11.5 Å². The molecule has 142 valence electrons. The highest BCUT2D eigenvalue weighted by Crippen LogP contribution is 2.35. The van der Waals surface area contributed by atoms with Gasteiger partial charge in [0, 0.05) is 24.1 Å². The van der Waals surface area contributed by atoms with Gasteiger partial charge in [0.15, 0.2) is 11.5 Å². The molecule has 2 aromatic rings. The summed E-state index contributed by atoms with van der Waals surface area (Å²) in [5.74, 6) is -0.921. The topological polar surface area (TPSA) is 111 Å². The maximum Gasteiger partial charge on any atom is 0.337 e. The zero-order valence-electron chi connectivity index (χ0n) is 14.4. The molecule has 0 unspecified atom stereocenters. The first-order valence-corrected chi connectivity index (χ1v) is 9.74. The summed E-state index contributed by atoms with van der Waals surface area (Å²) in [6.45, 7) is 2.27. The Labute approximate surface area is 155 Å². The molecule has 0 amide bonds. The van der Waals surface area contributed by atoms with Crippen molar-refractivity contribution in [2.75, 3.05) is 32.2 Å². The predicted molar refractivity (Wildman–Crippen MR) is 97.2 cm³/mol. The Kier molecular flexibility index (Phi) is 6.46. The molecule has 1 aromatic carbocycles. The standard InChI is InChI=1S/C16H19NO7S2/c1-10-4-5-15(25-10)26(20,21)17-12-9-14(24-7-6-22-2)13(23-3)8-11(12)16(18)19/h4-5,8-9,17H,6-7H2,1-3H3,(H,18,19). The van der Waals surface area contributed by atoms with Crippen LogP contribution in [0.2, 0.25) is 0 Å². The highest BCUT2D eigenvalue weighted by Gasteiger charge is 2.23. The third kappa shape index (κ3) is 4.65. The van der Waals surface area contributed by atoms with E-state index in [1.54, 1.807) is 13.0 Å². The first-order chi connectivity index (χ1) is 12.3. The zero-order valence-corrected chi connectivity index (χ0v) is 16.1. The summed E-state index contributed by atoms with van der Waals surface area (Å²) < 4.78 is 43.0. The van der Waals surface area contributed by atoms with E-state index in [0.717, 1.165) is 16.2 Å². The summed E-state index contributed by atoms with van der Waals surface area (Å²) >= 11 is 1.09. The zero-order chi connectivity index (χ0) is 19.3. The number of rotatable bonds is 9. The number of aryl methyl sites for hydroxylation is 1. The molecule has 0 saturated heterocycles. The van der Waals surface area contributed by atoms with Crippen LogP contribution in [0, 0.1) is 6.92 Å². The van der Waals surface area contributed by atoms with E-state index in [1.807, 2.05) is 0 Å². The Morgan fingerprint density at radius 3 is 2.46 bits per heavy atom. The van der Waals surface area contributed by atoms with Crippen molar-refractivity contribution >= 4 is 33.0 Å². The van der Waals surface area contributed by atoms with Crippen molar-refractivity contribution in [3.05, 3.63) is 34.7 Å². The molecule has 0 fully saturated rings. The smallest absolute Gasteiger partial charge is 0.337 e. The maximum absolute atomic E-state index is 12.5. The van der Waals surface area contributed by atoms with Gasteiger partial charge in [0.05, 0.1) is 25.0 Å². The number of carboxylic acids is 1. The quantitative estimate of drug-likeness (QED) is 0.621. The summed E-state index contributed by atoms with van der Waals surface area (Å²) in [6.07, 6.45) is 0.